The minimum atomic E-state index is -4.64. The quantitative estimate of drug-likeness (QED) is 0.509. The molecule has 1 aliphatic rings. The maximum absolute atomic E-state index is 13.2. The Balaban J connectivity index is 1.65. The number of alkyl halides is 3. The Bertz CT molecular complexity index is 1200. The van der Waals surface area contributed by atoms with Crippen LogP contribution in [0.3, 0.4) is 0 Å². The minimum Gasteiger partial charge on any atom is -0.386 e. The third-order valence-corrected chi connectivity index (χ3v) is 5.84. The smallest absolute Gasteiger partial charge is 0.386 e. The molecule has 1 aliphatic heterocycles. The number of carbonyl (C=O) groups excluding carboxylic acids is 1. The van der Waals surface area contributed by atoms with E-state index < -0.39 is 28.7 Å². The number of benzene rings is 2. The van der Waals surface area contributed by atoms with Gasteiger partial charge in [0.2, 0.25) is 5.91 Å². The lowest BCUT2D eigenvalue weighted by Crippen LogP contribution is -2.55. The highest BCUT2D eigenvalue weighted by Gasteiger charge is 2.47. The molecule has 0 unspecified atom stereocenters. The molecular weight excluding hydrogens is 452 g/mol. The Kier molecular flexibility index (Phi) is 5.95. The van der Waals surface area contributed by atoms with Gasteiger partial charge in [0.15, 0.2) is 0 Å². The maximum Gasteiger partial charge on any atom is 0.433 e. The number of carbonyl (C=O) groups is 1. The molecule has 0 spiro atoms. The van der Waals surface area contributed by atoms with Gasteiger partial charge in [-0.2, -0.15) is 13.2 Å². The molecule has 0 saturated carbocycles. The van der Waals surface area contributed by atoms with Gasteiger partial charge in [0.05, 0.1) is 18.8 Å². The Labute approximate surface area is 193 Å². The van der Waals surface area contributed by atoms with E-state index in [2.05, 4.69) is 10.3 Å². The molecule has 2 heterocycles. The van der Waals surface area contributed by atoms with E-state index >= 15 is 0 Å². The van der Waals surface area contributed by atoms with Crippen molar-refractivity contribution < 1.29 is 32.2 Å². The summed E-state index contributed by atoms with van der Waals surface area (Å²) in [5.41, 5.74) is -1.52. The largest absolute Gasteiger partial charge is 0.433 e. The van der Waals surface area contributed by atoms with E-state index in [1.54, 1.807) is 24.3 Å². The molecule has 3 aromatic rings. The zero-order chi connectivity index (χ0) is 24.7. The number of pyridine rings is 1. The molecule has 1 aromatic heterocycles. The van der Waals surface area contributed by atoms with Crippen molar-refractivity contribution >= 4 is 11.6 Å². The van der Waals surface area contributed by atoms with Crippen LogP contribution in [-0.4, -0.2) is 29.2 Å². The zero-order valence-electron chi connectivity index (χ0n) is 18.4. The van der Waals surface area contributed by atoms with Gasteiger partial charge in [-0.25, -0.2) is 4.39 Å². The Hall–Kier alpha value is -3.30. The Morgan fingerprint density at radius 3 is 2.18 bits per heavy atom. The predicted molar refractivity (Wildman–Crippen MR) is 117 cm³/mol. The molecule has 9 heteroatoms. The van der Waals surface area contributed by atoms with Crippen LogP contribution in [0.1, 0.15) is 30.7 Å². The van der Waals surface area contributed by atoms with E-state index in [0.29, 0.717) is 22.4 Å². The first-order valence-electron chi connectivity index (χ1n) is 10.5. The fraction of sp³-hybridized carbons (Fsp3) is 0.280. The van der Waals surface area contributed by atoms with Crippen LogP contribution in [0, 0.1) is 5.82 Å². The molecule has 0 bridgehead atoms. The topological polar surface area (TPSA) is 71.5 Å². The SMILES string of the molecule is CC(C)(O)c1cc(C(F)(F)F)ncc1-c1ccc(C2(C(=O)Nc3ccc(F)cc3)COC2)cc1. The summed E-state index contributed by atoms with van der Waals surface area (Å²) in [6, 6.07) is 13.0. The molecule has 2 aromatic carbocycles. The number of hydrogen-bond acceptors (Lipinski definition) is 4. The monoisotopic (exact) mass is 474 g/mol. The van der Waals surface area contributed by atoms with Crippen molar-refractivity contribution in [2.45, 2.75) is 31.0 Å². The van der Waals surface area contributed by atoms with E-state index in [0.717, 1.165) is 12.3 Å². The second kappa shape index (κ2) is 8.48. The van der Waals surface area contributed by atoms with Crippen molar-refractivity contribution in [2.75, 3.05) is 18.5 Å². The molecule has 178 valence electrons. The van der Waals surface area contributed by atoms with Gasteiger partial charge in [-0.1, -0.05) is 24.3 Å². The van der Waals surface area contributed by atoms with Crippen LogP contribution in [0.15, 0.2) is 60.8 Å². The molecule has 5 nitrogen and oxygen atoms in total. The highest BCUT2D eigenvalue weighted by Crippen LogP contribution is 2.38. The molecule has 0 radical (unpaired) electrons. The zero-order valence-corrected chi connectivity index (χ0v) is 18.4. The number of nitrogens with one attached hydrogen (secondary N) is 1. The normalized spacial score (nSPS) is 15.5. The van der Waals surface area contributed by atoms with Gasteiger partial charge >= 0.3 is 6.18 Å². The number of anilines is 1. The number of ether oxygens (including phenoxy) is 1. The summed E-state index contributed by atoms with van der Waals surface area (Å²) in [6.45, 7) is 3.11. The van der Waals surface area contributed by atoms with Crippen molar-refractivity contribution in [1.29, 1.82) is 0 Å². The standard InChI is InChI=1S/C25H22F4N2O3/c1-23(2,33)20-11-21(25(27,28)29)30-12-19(20)15-3-5-16(6-4-15)24(13-34-14-24)22(32)31-18-9-7-17(26)8-10-18/h3-12,33H,13-14H2,1-2H3,(H,31,32). The third kappa shape index (κ3) is 4.53. The number of aromatic nitrogens is 1. The second-order valence-corrected chi connectivity index (χ2v) is 8.79. The number of halogens is 4. The highest BCUT2D eigenvalue weighted by molar-refractivity contribution is 6.00. The lowest BCUT2D eigenvalue weighted by atomic mass is 9.77. The molecular formula is C25H22F4N2O3. The number of hydrogen-bond donors (Lipinski definition) is 2. The first-order chi connectivity index (χ1) is 15.9. The lowest BCUT2D eigenvalue weighted by Gasteiger charge is -2.40. The van der Waals surface area contributed by atoms with Crippen LogP contribution in [0.4, 0.5) is 23.2 Å². The van der Waals surface area contributed by atoms with Crippen molar-refractivity contribution in [3.05, 3.63) is 83.4 Å². The summed E-state index contributed by atoms with van der Waals surface area (Å²) in [5.74, 6) is -0.732. The average molecular weight is 474 g/mol. The number of nitrogens with zero attached hydrogens (tertiary/aromatic N) is 1. The van der Waals surface area contributed by atoms with Gasteiger partial charge in [-0.05, 0) is 60.9 Å². The maximum atomic E-state index is 13.2. The highest BCUT2D eigenvalue weighted by atomic mass is 19.4. The van der Waals surface area contributed by atoms with E-state index in [1.807, 2.05) is 0 Å². The van der Waals surface area contributed by atoms with E-state index in [1.165, 1.54) is 38.1 Å². The second-order valence-electron chi connectivity index (χ2n) is 8.79. The van der Waals surface area contributed by atoms with Crippen molar-refractivity contribution in [3.8, 4) is 11.1 Å². The summed E-state index contributed by atoms with van der Waals surface area (Å²) in [5, 5.41) is 13.3. The molecule has 4 rings (SSSR count). The minimum absolute atomic E-state index is 0.0818. The summed E-state index contributed by atoms with van der Waals surface area (Å²) in [6.07, 6.45) is -3.55. The number of amides is 1. The van der Waals surface area contributed by atoms with Crippen LogP contribution < -0.4 is 5.32 Å². The molecule has 1 fully saturated rings. The summed E-state index contributed by atoms with van der Waals surface area (Å²) in [4.78, 5) is 16.6. The summed E-state index contributed by atoms with van der Waals surface area (Å²) < 4.78 is 58.0. The van der Waals surface area contributed by atoms with Gasteiger partial charge in [0.25, 0.3) is 0 Å². The van der Waals surface area contributed by atoms with Crippen LogP contribution in [0.2, 0.25) is 0 Å². The van der Waals surface area contributed by atoms with Gasteiger partial charge in [-0.3, -0.25) is 9.78 Å². The van der Waals surface area contributed by atoms with E-state index in [4.69, 9.17) is 4.74 Å². The molecule has 1 amide bonds. The van der Waals surface area contributed by atoms with E-state index in [-0.39, 0.29) is 24.7 Å². The molecule has 0 atom stereocenters. The van der Waals surface area contributed by atoms with Gasteiger partial charge in [0, 0.05) is 17.4 Å². The third-order valence-electron chi connectivity index (χ3n) is 5.84. The number of aliphatic hydroxyl groups is 1. The van der Waals surface area contributed by atoms with Gasteiger partial charge in [-0.15, -0.1) is 0 Å². The van der Waals surface area contributed by atoms with Crippen LogP contribution in [0.5, 0.6) is 0 Å². The average Bonchev–Trinajstić information content (AvgIpc) is 2.73. The lowest BCUT2D eigenvalue weighted by molar-refractivity contribution is -0.141. The molecule has 0 aliphatic carbocycles. The van der Waals surface area contributed by atoms with E-state index in [9.17, 15) is 27.5 Å². The van der Waals surface area contributed by atoms with Crippen molar-refractivity contribution in [1.82, 2.24) is 4.98 Å². The van der Waals surface area contributed by atoms with Gasteiger partial charge < -0.3 is 15.2 Å². The van der Waals surface area contributed by atoms with Crippen LogP contribution in [0.25, 0.3) is 11.1 Å². The Morgan fingerprint density at radius 2 is 1.68 bits per heavy atom. The van der Waals surface area contributed by atoms with Crippen molar-refractivity contribution in [3.63, 3.8) is 0 Å². The fourth-order valence-corrected chi connectivity index (χ4v) is 3.83. The van der Waals surface area contributed by atoms with Crippen molar-refractivity contribution in [2.24, 2.45) is 0 Å². The van der Waals surface area contributed by atoms with Crippen LogP contribution >= 0.6 is 0 Å². The van der Waals surface area contributed by atoms with Gasteiger partial charge in [0.1, 0.15) is 16.9 Å². The first kappa shape index (κ1) is 23.8. The summed E-state index contributed by atoms with van der Waals surface area (Å²) in [7, 11) is 0. The number of rotatable bonds is 5. The first-order valence-corrected chi connectivity index (χ1v) is 10.5. The summed E-state index contributed by atoms with van der Waals surface area (Å²) >= 11 is 0. The van der Waals surface area contributed by atoms with Crippen LogP contribution in [-0.2, 0) is 26.7 Å². The molecule has 1 saturated heterocycles. The predicted octanol–water partition coefficient (Wildman–Crippen LogP) is 5.04. The Morgan fingerprint density at radius 1 is 1.06 bits per heavy atom. The molecule has 2 N–H and O–H groups in total. The fourth-order valence-electron chi connectivity index (χ4n) is 3.83. The molecule has 34 heavy (non-hydrogen) atoms.